The summed E-state index contributed by atoms with van der Waals surface area (Å²) in [6.45, 7) is 6.42. The van der Waals surface area contributed by atoms with Gasteiger partial charge in [-0.2, -0.15) is 0 Å². The van der Waals surface area contributed by atoms with E-state index in [-0.39, 0.29) is 0 Å². The molecule has 0 aliphatic heterocycles. The molecule has 0 amide bonds. The molecule has 2 N–H and O–H groups in total. The van der Waals surface area contributed by atoms with Crippen LogP contribution in [0.4, 0.5) is 0 Å². The van der Waals surface area contributed by atoms with Crippen molar-refractivity contribution in [1.29, 1.82) is 0 Å². The molecule has 14 heavy (non-hydrogen) atoms. The Bertz CT molecular complexity index is 435. The Hall–Kier alpha value is -1.44. The third kappa shape index (κ3) is 1.48. The maximum atomic E-state index is 3.33. The Morgan fingerprint density at radius 2 is 1.93 bits per heavy atom. The number of H-pyrrole nitrogens is 2. The minimum atomic E-state index is 0.995. The van der Waals surface area contributed by atoms with Crippen molar-refractivity contribution in [1.82, 2.24) is 9.97 Å². The highest BCUT2D eigenvalue weighted by Crippen LogP contribution is 2.17. The molecule has 0 unspecified atom stereocenters. The summed E-state index contributed by atoms with van der Waals surface area (Å²) in [6.07, 6.45) is 5.07. The maximum absolute atomic E-state index is 3.33. The third-order valence-corrected chi connectivity index (χ3v) is 2.94. The summed E-state index contributed by atoms with van der Waals surface area (Å²) < 4.78 is 0. The van der Waals surface area contributed by atoms with Crippen LogP contribution >= 0.6 is 0 Å². The minimum Gasteiger partial charge on any atom is -0.365 e. The first kappa shape index (κ1) is 9.13. The van der Waals surface area contributed by atoms with Crippen LogP contribution in [-0.4, -0.2) is 9.97 Å². The van der Waals surface area contributed by atoms with Gasteiger partial charge in [-0.3, -0.25) is 0 Å². The van der Waals surface area contributed by atoms with Gasteiger partial charge in [0, 0.05) is 30.2 Å². The summed E-state index contributed by atoms with van der Waals surface area (Å²) >= 11 is 0. The number of hydrogen-bond donors (Lipinski definition) is 2. The van der Waals surface area contributed by atoms with Crippen molar-refractivity contribution in [3.05, 3.63) is 46.5 Å². The lowest BCUT2D eigenvalue weighted by molar-refractivity contribution is 1.06. The van der Waals surface area contributed by atoms with Gasteiger partial charge in [-0.1, -0.05) is 0 Å². The predicted molar refractivity (Wildman–Crippen MR) is 58.6 cm³/mol. The lowest BCUT2D eigenvalue weighted by Gasteiger charge is -2.00. The molecule has 2 nitrogen and oxygen atoms in total. The molecule has 2 aromatic heterocycles. The van der Waals surface area contributed by atoms with Crippen LogP contribution in [-0.2, 0) is 6.42 Å². The molecule has 0 aliphatic carbocycles. The van der Waals surface area contributed by atoms with E-state index in [2.05, 4.69) is 43.0 Å². The van der Waals surface area contributed by atoms with Gasteiger partial charge in [0.1, 0.15) is 0 Å². The van der Waals surface area contributed by atoms with Gasteiger partial charge in [-0.15, -0.1) is 0 Å². The molecule has 0 radical (unpaired) electrons. The lowest BCUT2D eigenvalue weighted by atomic mass is 10.1. The predicted octanol–water partition coefficient (Wildman–Crippen LogP) is 2.86. The zero-order chi connectivity index (χ0) is 10.1. The molecule has 0 aliphatic rings. The fourth-order valence-corrected chi connectivity index (χ4v) is 1.70. The summed E-state index contributed by atoms with van der Waals surface area (Å²) in [5.41, 5.74) is 6.68. The molecule has 0 aromatic carbocycles. The number of aryl methyl sites for hydroxylation is 2. The Balaban J connectivity index is 2.27. The van der Waals surface area contributed by atoms with E-state index in [0.29, 0.717) is 0 Å². The fourth-order valence-electron chi connectivity index (χ4n) is 1.70. The highest BCUT2D eigenvalue weighted by molar-refractivity contribution is 5.33. The van der Waals surface area contributed by atoms with Crippen molar-refractivity contribution >= 4 is 0 Å². The van der Waals surface area contributed by atoms with Crippen LogP contribution in [0.1, 0.15) is 28.1 Å². The zero-order valence-corrected chi connectivity index (χ0v) is 8.94. The van der Waals surface area contributed by atoms with E-state index >= 15 is 0 Å². The van der Waals surface area contributed by atoms with E-state index in [1.807, 2.05) is 6.20 Å². The molecular formula is C12H16N2. The van der Waals surface area contributed by atoms with Crippen molar-refractivity contribution < 1.29 is 0 Å². The quantitative estimate of drug-likeness (QED) is 0.726. The number of hydrogen-bond acceptors (Lipinski definition) is 0. The Kier molecular flexibility index (Phi) is 2.20. The summed E-state index contributed by atoms with van der Waals surface area (Å²) in [6, 6.07) is 2.14. The van der Waals surface area contributed by atoms with Gasteiger partial charge < -0.3 is 9.97 Å². The molecule has 0 fully saturated rings. The lowest BCUT2D eigenvalue weighted by Crippen LogP contribution is -1.91. The van der Waals surface area contributed by atoms with Gasteiger partial charge in [0.25, 0.3) is 0 Å². The second-order valence-electron chi connectivity index (χ2n) is 3.88. The van der Waals surface area contributed by atoms with E-state index in [4.69, 9.17) is 0 Å². The topological polar surface area (TPSA) is 31.6 Å². The normalized spacial score (nSPS) is 10.8. The third-order valence-electron chi connectivity index (χ3n) is 2.94. The summed E-state index contributed by atoms with van der Waals surface area (Å²) in [5, 5.41) is 0. The van der Waals surface area contributed by atoms with Gasteiger partial charge in [0.05, 0.1) is 0 Å². The average molecular weight is 188 g/mol. The zero-order valence-electron chi connectivity index (χ0n) is 8.94. The highest BCUT2D eigenvalue weighted by atomic mass is 14.7. The minimum absolute atomic E-state index is 0.995. The molecule has 0 bridgehead atoms. The Labute approximate surface area is 84.4 Å². The van der Waals surface area contributed by atoms with Gasteiger partial charge in [-0.25, -0.2) is 0 Å². The molecule has 74 valence electrons. The van der Waals surface area contributed by atoms with Crippen molar-refractivity contribution in [3.63, 3.8) is 0 Å². The largest absolute Gasteiger partial charge is 0.365 e. The maximum Gasteiger partial charge on any atom is 0.0224 e. The molecular weight excluding hydrogens is 172 g/mol. The van der Waals surface area contributed by atoms with Crippen LogP contribution in [0.25, 0.3) is 0 Å². The fraction of sp³-hybridized carbons (Fsp3) is 0.333. The van der Waals surface area contributed by atoms with E-state index < -0.39 is 0 Å². The molecule has 2 heteroatoms. The Morgan fingerprint density at radius 3 is 2.43 bits per heavy atom. The average Bonchev–Trinajstić information content (AvgIpc) is 2.68. The SMILES string of the molecule is Cc1c[nH]c(Cc2cc[nH]c2C)c1C. The van der Waals surface area contributed by atoms with Crippen LogP contribution in [0, 0.1) is 20.8 Å². The smallest absolute Gasteiger partial charge is 0.0224 e. The molecule has 0 atom stereocenters. The van der Waals surface area contributed by atoms with Crippen LogP contribution in [0.15, 0.2) is 18.5 Å². The van der Waals surface area contributed by atoms with Crippen LogP contribution in [0.3, 0.4) is 0 Å². The van der Waals surface area contributed by atoms with Crippen LogP contribution in [0.2, 0.25) is 0 Å². The molecule has 0 saturated heterocycles. The van der Waals surface area contributed by atoms with E-state index in [9.17, 15) is 0 Å². The molecule has 2 heterocycles. The van der Waals surface area contributed by atoms with Crippen molar-refractivity contribution in [3.8, 4) is 0 Å². The molecule has 0 spiro atoms. The second kappa shape index (κ2) is 3.37. The van der Waals surface area contributed by atoms with E-state index in [0.717, 1.165) is 6.42 Å². The highest BCUT2D eigenvalue weighted by Gasteiger charge is 2.06. The molecule has 2 aromatic rings. The second-order valence-corrected chi connectivity index (χ2v) is 3.88. The molecule has 2 rings (SSSR count). The molecule has 0 saturated carbocycles. The summed E-state index contributed by atoms with van der Waals surface area (Å²) in [7, 11) is 0. The first-order valence-corrected chi connectivity index (χ1v) is 4.95. The standard InChI is InChI=1S/C12H16N2/c1-8-7-14-12(9(8)2)6-11-4-5-13-10(11)3/h4-5,7,13-14H,6H2,1-3H3. The van der Waals surface area contributed by atoms with Crippen LogP contribution in [0.5, 0.6) is 0 Å². The van der Waals surface area contributed by atoms with Crippen LogP contribution < -0.4 is 0 Å². The number of aromatic nitrogens is 2. The first-order valence-electron chi connectivity index (χ1n) is 4.95. The van der Waals surface area contributed by atoms with Gasteiger partial charge >= 0.3 is 0 Å². The number of aromatic amines is 2. The first-order chi connectivity index (χ1) is 6.68. The van der Waals surface area contributed by atoms with Gasteiger partial charge in [0.15, 0.2) is 0 Å². The Morgan fingerprint density at radius 1 is 1.14 bits per heavy atom. The van der Waals surface area contributed by atoms with Gasteiger partial charge in [0.2, 0.25) is 0 Å². The van der Waals surface area contributed by atoms with E-state index in [1.165, 1.54) is 28.1 Å². The monoisotopic (exact) mass is 188 g/mol. The van der Waals surface area contributed by atoms with Crippen molar-refractivity contribution in [2.45, 2.75) is 27.2 Å². The summed E-state index contributed by atoms with van der Waals surface area (Å²) in [4.78, 5) is 6.53. The van der Waals surface area contributed by atoms with Crippen molar-refractivity contribution in [2.24, 2.45) is 0 Å². The van der Waals surface area contributed by atoms with Gasteiger partial charge in [-0.05, 0) is 43.5 Å². The number of nitrogens with one attached hydrogen (secondary N) is 2. The van der Waals surface area contributed by atoms with Crippen molar-refractivity contribution in [2.75, 3.05) is 0 Å². The van der Waals surface area contributed by atoms with E-state index in [1.54, 1.807) is 0 Å². The summed E-state index contributed by atoms with van der Waals surface area (Å²) in [5.74, 6) is 0. The number of rotatable bonds is 2.